The van der Waals surface area contributed by atoms with Crippen LogP contribution < -0.4 is 5.32 Å². The molecule has 4 unspecified atom stereocenters. The maximum atomic E-state index is 5.41. The van der Waals surface area contributed by atoms with E-state index in [-0.39, 0.29) is 24.0 Å². The van der Waals surface area contributed by atoms with Crippen LogP contribution in [-0.2, 0) is 0 Å². The van der Waals surface area contributed by atoms with Crippen molar-refractivity contribution in [3.05, 3.63) is 95.8 Å². The van der Waals surface area contributed by atoms with Gasteiger partial charge in [0, 0.05) is 23.0 Å². The average Bonchev–Trinajstić information content (AvgIpc) is 3.77. The number of aromatic nitrogens is 1. The monoisotopic (exact) mass is 584 g/mol. The van der Waals surface area contributed by atoms with Crippen LogP contribution in [0.25, 0.3) is 6.08 Å². The van der Waals surface area contributed by atoms with E-state index < -0.39 is 0 Å². The van der Waals surface area contributed by atoms with Gasteiger partial charge in [0.2, 0.25) is 0 Å². The van der Waals surface area contributed by atoms with E-state index in [0.29, 0.717) is 0 Å². The Morgan fingerprint density at radius 1 is 0.614 bits per heavy atom. The van der Waals surface area contributed by atoms with Crippen LogP contribution in [0.4, 0.5) is 0 Å². The Labute approximate surface area is 261 Å². The fourth-order valence-corrected chi connectivity index (χ4v) is 7.44. The normalized spacial score (nSPS) is 29.3. The Bertz CT molecular complexity index is 1950. The molecule has 0 radical (unpaired) electrons. The first kappa shape index (κ1) is 28.7. The lowest BCUT2D eigenvalue weighted by Gasteiger charge is -2.16. The molecule has 0 aromatic carbocycles. The van der Waals surface area contributed by atoms with Gasteiger partial charge in [-0.1, -0.05) is 6.92 Å². The van der Waals surface area contributed by atoms with E-state index in [0.717, 1.165) is 45.6 Å². The predicted octanol–water partition coefficient (Wildman–Crippen LogP) is 8.33. The largest absolute Gasteiger partial charge is 0.373 e. The van der Waals surface area contributed by atoms with Crippen molar-refractivity contribution in [2.24, 2.45) is 25.9 Å². The summed E-state index contributed by atoms with van der Waals surface area (Å²) in [6.07, 6.45) is 4.46. The van der Waals surface area contributed by atoms with Crippen molar-refractivity contribution in [1.29, 1.82) is 0 Å². The molecule has 226 valence electrons. The van der Waals surface area contributed by atoms with Crippen LogP contribution in [0.15, 0.2) is 93.3 Å². The molecular formula is C38H44N6. The minimum absolute atomic E-state index is 0.0284. The Balaban J connectivity index is 1.46. The first-order chi connectivity index (χ1) is 20.8. The van der Waals surface area contributed by atoms with Crippen molar-refractivity contribution >= 4 is 28.9 Å². The van der Waals surface area contributed by atoms with Gasteiger partial charge < -0.3 is 10.3 Å². The Morgan fingerprint density at radius 2 is 1.32 bits per heavy atom. The molecule has 6 heteroatoms. The predicted molar refractivity (Wildman–Crippen MR) is 185 cm³/mol. The van der Waals surface area contributed by atoms with E-state index in [1.54, 1.807) is 0 Å². The van der Waals surface area contributed by atoms with E-state index in [4.69, 9.17) is 20.0 Å². The molecule has 2 N–H and O–H groups in total. The molecule has 0 aliphatic carbocycles. The van der Waals surface area contributed by atoms with Gasteiger partial charge in [-0.25, -0.2) is 4.99 Å². The number of nitrogens with zero attached hydrogens (tertiary/aromatic N) is 4. The quantitative estimate of drug-likeness (QED) is 0.296. The third kappa shape index (κ3) is 3.85. The van der Waals surface area contributed by atoms with Gasteiger partial charge in [0.05, 0.1) is 40.3 Å². The van der Waals surface area contributed by atoms with Crippen molar-refractivity contribution in [3.63, 3.8) is 0 Å². The van der Waals surface area contributed by atoms with Crippen LogP contribution >= 0.6 is 0 Å². The zero-order chi connectivity index (χ0) is 31.5. The molecule has 44 heavy (non-hydrogen) atoms. The second-order valence-electron chi connectivity index (χ2n) is 13.6. The average molecular weight is 585 g/mol. The molecule has 1 aromatic heterocycles. The van der Waals surface area contributed by atoms with Gasteiger partial charge in [-0.15, -0.1) is 0 Å². The van der Waals surface area contributed by atoms with E-state index in [9.17, 15) is 0 Å². The molecule has 4 atom stereocenters. The molecule has 0 amide bonds. The van der Waals surface area contributed by atoms with Crippen molar-refractivity contribution in [2.45, 2.75) is 101 Å². The zero-order valence-corrected chi connectivity index (χ0v) is 28.3. The summed E-state index contributed by atoms with van der Waals surface area (Å²) in [6, 6.07) is -0.0600. The summed E-state index contributed by atoms with van der Waals surface area (Å²) in [5, 5.41) is 3.85. The SMILES string of the molecule is CC1=C(C)C2=NC1=Cc1[nH]c(c(C)c1C)C1N=C(C(C)=C1C)C1N/C(=C\C3=NC(C(C)=C3C)C3=C(C)C(C)C2=N3)C(C)=C1C. The number of aliphatic imine (C=N–C) groups is 4. The Hall–Kier alpha value is -4.06. The van der Waals surface area contributed by atoms with E-state index in [2.05, 4.69) is 106 Å². The molecule has 12 bridgehead atoms. The molecule has 6 nitrogen and oxygen atoms in total. The van der Waals surface area contributed by atoms with Crippen LogP contribution in [-0.4, -0.2) is 39.9 Å². The number of fused-ring (bicyclic) bond motifs is 12. The molecule has 7 rings (SSSR count). The Kier molecular flexibility index (Phi) is 6.34. The first-order valence-electron chi connectivity index (χ1n) is 15.9. The molecule has 0 saturated heterocycles. The highest BCUT2D eigenvalue weighted by atomic mass is 15.0. The smallest absolute Gasteiger partial charge is 0.114 e. The topological polar surface area (TPSA) is 77.3 Å². The fraction of sp³-hybridized carbons (Fsp3) is 0.421. The number of allylic oxidation sites excluding steroid dienone is 6. The highest BCUT2D eigenvalue weighted by Gasteiger charge is 2.38. The highest BCUT2D eigenvalue weighted by molar-refractivity contribution is 6.51. The second-order valence-corrected chi connectivity index (χ2v) is 13.6. The van der Waals surface area contributed by atoms with Gasteiger partial charge in [0.15, 0.2) is 0 Å². The molecule has 6 aliphatic rings. The summed E-state index contributed by atoms with van der Waals surface area (Å²) in [5.41, 5.74) is 23.5. The lowest BCUT2D eigenvalue weighted by molar-refractivity contribution is 0.806. The third-order valence-electron chi connectivity index (χ3n) is 11.5. The number of nitrogens with one attached hydrogen (secondary N) is 2. The van der Waals surface area contributed by atoms with E-state index in [1.807, 2.05) is 0 Å². The van der Waals surface area contributed by atoms with Crippen molar-refractivity contribution in [3.8, 4) is 0 Å². The van der Waals surface area contributed by atoms with Crippen LogP contribution in [0.3, 0.4) is 0 Å². The number of rotatable bonds is 0. The van der Waals surface area contributed by atoms with Gasteiger partial charge in [-0.05, 0) is 150 Å². The Morgan fingerprint density at radius 3 is 2.05 bits per heavy atom. The summed E-state index contributed by atoms with van der Waals surface area (Å²) in [5.74, 6) is 0.184. The molecule has 0 saturated carbocycles. The maximum Gasteiger partial charge on any atom is 0.114 e. The van der Waals surface area contributed by atoms with Gasteiger partial charge in [0.1, 0.15) is 12.1 Å². The third-order valence-corrected chi connectivity index (χ3v) is 11.5. The van der Waals surface area contributed by atoms with Crippen LogP contribution in [0.5, 0.6) is 0 Å². The molecule has 7 heterocycles. The lowest BCUT2D eigenvalue weighted by Crippen LogP contribution is -2.32. The highest BCUT2D eigenvalue weighted by Crippen LogP contribution is 2.42. The van der Waals surface area contributed by atoms with Crippen LogP contribution in [0, 0.1) is 19.8 Å². The molecule has 0 spiro atoms. The van der Waals surface area contributed by atoms with Gasteiger partial charge in [-0.2, -0.15) is 0 Å². The van der Waals surface area contributed by atoms with Crippen molar-refractivity contribution in [1.82, 2.24) is 10.3 Å². The lowest BCUT2D eigenvalue weighted by atomic mass is 9.91. The van der Waals surface area contributed by atoms with Crippen molar-refractivity contribution in [2.75, 3.05) is 0 Å². The zero-order valence-electron chi connectivity index (χ0n) is 28.3. The number of H-pyrrole nitrogens is 1. The molecule has 1 aromatic rings. The van der Waals surface area contributed by atoms with Gasteiger partial charge in [-0.3, -0.25) is 15.0 Å². The molecule has 0 fully saturated rings. The van der Waals surface area contributed by atoms with Gasteiger partial charge >= 0.3 is 0 Å². The number of hydrogen-bond acceptors (Lipinski definition) is 5. The van der Waals surface area contributed by atoms with E-state index in [1.165, 1.54) is 67.0 Å². The van der Waals surface area contributed by atoms with Crippen LogP contribution in [0.1, 0.15) is 97.8 Å². The maximum absolute atomic E-state index is 5.41. The number of hydrogen-bond donors (Lipinski definition) is 2. The standard InChI is InChI=1S/C38H44N6/c1-15-19(5)31-35-23(9)24(10)36(43-35)33-21(7)17(3)29(41-33)14-30-18(4)22(8)34(42-30)38-26(12)25(11)37(44-38)32-20(6)16(2)28(40-32)13-27(15)39-31/h13-14,23,33-34,37,40,42H,1-12H3/b27-13?,30-14-. The second kappa shape index (κ2) is 9.72. The summed E-state index contributed by atoms with van der Waals surface area (Å²) < 4.78 is 0. The summed E-state index contributed by atoms with van der Waals surface area (Å²) in [6.45, 7) is 26.6. The van der Waals surface area contributed by atoms with Crippen LogP contribution in [0.2, 0.25) is 0 Å². The molecule has 6 aliphatic heterocycles. The minimum Gasteiger partial charge on any atom is -0.373 e. The summed E-state index contributed by atoms with van der Waals surface area (Å²) in [7, 11) is 0. The minimum atomic E-state index is -0.0758. The van der Waals surface area contributed by atoms with E-state index >= 15 is 0 Å². The van der Waals surface area contributed by atoms with Gasteiger partial charge in [0.25, 0.3) is 0 Å². The summed E-state index contributed by atoms with van der Waals surface area (Å²) >= 11 is 0. The first-order valence-corrected chi connectivity index (χ1v) is 15.9. The fourth-order valence-electron chi connectivity index (χ4n) is 7.44. The number of aromatic amines is 1. The van der Waals surface area contributed by atoms with Crippen molar-refractivity contribution < 1.29 is 0 Å². The summed E-state index contributed by atoms with van der Waals surface area (Å²) in [4.78, 5) is 25.1. The molecular weight excluding hydrogens is 540 g/mol.